The summed E-state index contributed by atoms with van der Waals surface area (Å²) in [5.74, 6) is 0. The molecule has 0 spiro atoms. The maximum atomic E-state index is 12.0. The molecule has 148 valence electrons. The normalized spacial score (nSPS) is 15.3. The molecule has 0 bridgehead atoms. The highest BCUT2D eigenvalue weighted by Gasteiger charge is 2.24. The molecular formula is C21H27N5OS. The fourth-order valence-electron chi connectivity index (χ4n) is 3.68. The number of rotatable bonds is 4. The monoisotopic (exact) mass is 397 g/mol. The lowest BCUT2D eigenvalue weighted by molar-refractivity contribution is 0.134. The number of nitrogens with zero attached hydrogens (tertiary/aromatic N) is 4. The third kappa shape index (κ3) is 3.77. The van der Waals surface area contributed by atoms with Gasteiger partial charge in [0.1, 0.15) is 0 Å². The van der Waals surface area contributed by atoms with E-state index in [1.54, 1.807) is 11.3 Å². The molecule has 1 aliphatic rings. The summed E-state index contributed by atoms with van der Waals surface area (Å²) in [7, 11) is 0. The maximum Gasteiger partial charge on any atom is 0.317 e. The van der Waals surface area contributed by atoms with Crippen LogP contribution in [-0.2, 0) is 6.54 Å². The van der Waals surface area contributed by atoms with E-state index in [1.807, 2.05) is 11.8 Å². The molecule has 3 heterocycles. The van der Waals surface area contributed by atoms with Gasteiger partial charge in [0, 0.05) is 55.9 Å². The zero-order chi connectivity index (χ0) is 19.7. The number of carbonyl (C=O) groups is 1. The van der Waals surface area contributed by atoms with Gasteiger partial charge in [-0.05, 0) is 20.8 Å². The standard InChI is InChI=1S/C21H27N5OS/c1-4-22-20(27)25-11-9-24(10-12-25)14-18-19(17-7-5-15(2)6-8-17)23-21-26(18)13-16(3)28-21/h5-8,13H,4,9-12,14H2,1-3H3,(H,22,27). The molecule has 2 amide bonds. The number of thiazole rings is 1. The van der Waals surface area contributed by atoms with E-state index in [4.69, 9.17) is 4.98 Å². The first-order valence-corrected chi connectivity index (χ1v) is 10.7. The minimum absolute atomic E-state index is 0.0442. The van der Waals surface area contributed by atoms with Gasteiger partial charge in [0.05, 0.1) is 11.4 Å². The number of aryl methyl sites for hydroxylation is 2. The lowest BCUT2D eigenvalue weighted by Crippen LogP contribution is -2.51. The highest BCUT2D eigenvalue weighted by atomic mass is 32.1. The molecule has 0 aliphatic carbocycles. The van der Waals surface area contributed by atoms with Crippen LogP contribution in [-0.4, -0.2) is 57.9 Å². The van der Waals surface area contributed by atoms with Gasteiger partial charge in [-0.2, -0.15) is 0 Å². The topological polar surface area (TPSA) is 52.9 Å². The smallest absolute Gasteiger partial charge is 0.317 e. The highest BCUT2D eigenvalue weighted by Crippen LogP contribution is 2.29. The number of hydrogen-bond acceptors (Lipinski definition) is 4. The Morgan fingerprint density at radius 2 is 1.86 bits per heavy atom. The Morgan fingerprint density at radius 3 is 2.54 bits per heavy atom. The Balaban J connectivity index is 1.57. The maximum absolute atomic E-state index is 12.0. The van der Waals surface area contributed by atoms with E-state index in [2.05, 4.69) is 58.9 Å². The summed E-state index contributed by atoms with van der Waals surface area (Å²) in [5, 5.41) is 2.89. The van der Waals surface area contributed by atoms with Crippen molar-refractivity contribution < 1.29 is 4.79 Å². The molecule has 28 heavy (non-hydrogen) atoms. The number of amides is 2. The molecule has 0 saturated carbocycles. The zero-order valence-corrected chi connectivity index (χ0v) is 17.6. The third-order valence-electron chi connectivity index (χ3n) is 5.23. The molecule has 6 nitrogen and oxygen atoms in total. The molecule has 7 heteroatoms. The minimum atomic E-state index is 0.0442. The Kier molecular flexibility index (Phi) is 5.37. The van der Waals surface area contributed by atoms with Gasteiger partial charge in [0.25, 0.3) is 0 Å². The molecule has 1 aliphatic heterocycles. The van der Waals surface area contributed by atoms with Gasteiger partial charge in [-0.1, -0.05) is 29.8 Å². The summed E-state index contributed by atoms with van der Waals surface area (Å²) in [5.41, 5.74) is 4.71. The lowest BCUT2D eigenvalue weighted by atomic mass is 10.1. The predicted octanol–water partition coefficient (Wildman–Crippen LogP) is 3.53. The van der Waals surface area contributed by atoms with Crippen LogP contribution in [0.1, 0.15) is 23.1 Å². The van der Waals surface area contributed by atoms with Crippen LogP contribution < -0.4 is 5.32 Å². The van der Waals surface area contributed by atoms with Crippen molar-refractivity contribution in [2.24, 2.45) is 0 Å². The number of aromatic nitrogens is 2. The van der Waals surface area contributed by atoms with E-state index >= 15 is 0 Å². The number of fused-ring (bicyclic) bond motifs is 1. The van der Waals surface area contributed by atoms with Crippen LogP contribution in [0.15, 0.2) is 30.5 Å². The molecule has 1 aromatic carbocycles. The van der Waals surface area contributed by atoms with Crippen molar-refractivity contribution in [2.45, 2.75) is 27.3 Å². The van der Waals surface area contributed by atoms with Crippen molar-refractivity contribution in [1.82, 2.24) is 24.5 Å². The second-order valence-corrected chi connectivity index (χ2v) is 8.58. The lowest BCUT2D eigenvalue weighted by Gasteiger charge is -2.34. The molecular weight excluding hydrogens is 370 g/mol. The van der Waals surface area contributed by atoms with Crippen LogP contribution in [0.3, 0.4) is 0 Å². The van der Waals surface area contributed by atoms with Crippen molar-refractivity contribution in [3.63, 3.8) is 0 Å². The van der Waals surface area contributed by atoms with Crippen LogP contribution in [0.25, 0.3) is 16.2 Å². The van der Waals surface area contributed by atoms with E-state index in [1.165, 1.54) is 16.1 Å². The summed E-state index contributed by atoms with van der Waals surface area (Å²) in [6, 6.07) is 8.64. The summed E-state index contributed by atoms with van der Waals surface area (Å²) >= 11 is 1.73. The number of nitrogens with one attached hydrogen (secondary N) is 1. The molecule has 0 unspecified atom stereocenters. The van der Waals surface area contributed by atoms with Crippen LogP contribution in [0, 0.1) is 13.8 Å². The van der Waals surface area contributed by atoms with E-state index in [0.717, 1.165) is 48.9 Å². The summed E-state index contributed by atoms with van der Waals surface area (Å²) in [6.07, 6.45) is 2.19. The molecule has 1 fully saturated rings. The number of benzene rings is 1. The quantitative estimate of drug-likeness (QED) is 0.733. The minimum Gasteiger partial charge on any atom is -0.338 e. The summed E-state index contributed by atoms with van der Waals surface area (Å²) in [4.78, 5) is 23.6. The Bertz CT molecular complexity index is 967. The molecule has 0 radical (unpaired) electrons. The summed E-state index contributed by atoms with van der Waals surface area (Å²) in [6.45, 7) is 11.0. The van der Waals surface area contributed by atoms with Gasteiger partial charge in [-0.3, -0.25) is 9.30 Å². The van der Waals surface area contributed by atoms with Crippen molar-refractivity contribution in [1.29, 1.82) is 0 Å². The number of piperazine rings is 1. The van der Waals surface area contributed by atoms with Gasteiger partial charge in [0.15, 0.2) is 4.96 Å². The van der Waals surface area contributed by atoms with Crippen molar-refractivity contribution in [2.75, 3.05) is 32.7 Å². The second kappa shape index (κ2) is 7.93. The Labute approximate surface area is 169 Å². The first-order chi connectivity index (χ1) is 13.5. The van der Waals surface area contributed by atoms with E-state index in [0.29, 0.717) is 6.54 Å². The van der Waals surface area contributed by atoms with E-state index < -0.39 is 0 Å². The number of imidazole rings is 1. The fraction of sp³-hybridized carbons (Fsp3) is 0.429. The third-order valence-corrected chi connectivity index (χ3v) is 6.12. The Morgan fingerprint density at radius 1 is 1.14 bits per heavy atom. The second-order valence-electron chi connectivity index (χ2n) is 7.37. The number of hydrogen-bond donors (Lipinski definition) is 1. The molecule has 4 rings (SSSR count). The molecule has 0 atom stereocenters. The SMILES string of the molecule is CCNC(=O)N1CCN(Cc2c(-c3ccc(C)cc3)nc3sc(C)cn23)CC1. The predicted molar refractivity (Wildman–Crippen MR) is 114 cm³/mol. The van der Waals surface area contributed by atoms with Crippen molar-refractivity contribution in [3.8, 4) is 11.3 Å². The van der Waals surface area contributed by atoms with Gasteiger partial charge in [0.2, 0.25) is 0 Å². The van der Waals surface area contributed by atoms with Gasteiger partial charge >= 0.3 is 6.03 Å². The first kappa shape index (κ1) is 19.0. The molecule has 3 aromatic rings. The molecule has 1 N–H and O–H groups in total. The largest absolute Gasteiger partial charge is 0.338 e. The molecule has 2 aromatic heterocycles. The van der Waals surface area contributed by atoms with E-state index in [9.17, 15) is 4.79 Å². The van der Waals surface area contributed by atoms with Gasteiger partial charge in [-0.15, -0.1) is 11.3 Å². The van der Waals surface area contributed by atoms with Crippen LogP contribution in [0.2, 0.25) is 0 Å². The first-order valence-electron chi connectivity index (χ1n) is 9.84. The average molecular weight is 398 g/mol. The fourth-order valence-corrected chi connectivity index (χ4v) is 4.52. The van der Waals surface area contributed by atoms with Crippen LogP contribution >= 0.6 is 11.3 Å². The highest BCUT2D eigenvalue weighted by molar-refractivity contribution is 7.17. The molecule has 1 saturated heterocycles. The number of carbonyl (C=O) groups excluding carboxylic acids is 1. The van der Waals surface area contributed by atoms with Gasteiger partial charge in [-0.25, -0.2) is 9.78 Å². The van der Waals surface area contributed by atoms with Crippen LogP contribution in [0.4, 0.5) is 4.79 Å². The average Bonchev–Trinajstić information content (AvgIpc) is 3.20. The Hall–Kier alpha value is -2.38. The van der Waals surface area contributed by atoms with E-state index in [-0.39, 0.29) is 6.03 Å². The zero-order valence-electron chi connectivity index (χ0n) is 16.7. The summed E-state index contributed by atoms with van der Waals surface area (Å²) < 4.78 is 2.24. The van der Waals surface area contributed by atoms with Crippen LogP contribution in [0.5, 0.6) is 0 Å². The number of urea groups is 1. The van der Waals surface area contributed by atoms with Gasteiger partial charge < -0.3 is 10.2 Å². The van der Waals surface area contributed by atoms with Crippen molar-refractivity contribution >= 4 is 22.3 Å². The van der Waals surface area contributed by atoms with Crippen molar-refractivity contribution in [3.05, 3.63) is 46.6 Å².